The average molecular weight is 719 g/mol. The minimum absolute atomic E-state index is 0.0732. The van der Waals surface area contributed by atoms with E-state index in [0.717, 1.165) is 34.0 Å². The zero-order chi connectivity index (χ0) is 37.9. The molecule has 0 saturated carbocycles. The Bertz CT molecular complexity index is 1980. The summed E-state index contributed by atoms with van der Waals surface area (Å²) < 4.78 is 2.12. The molecule has 0 spiro atoms. The lowest BCUT2D eigenvalue weighted by Crippen LogP contribution is -2.76. The van der Waals surface area contributed by atoms with Gasteiger partial charge >= 0.3 is 6.03 Å². The van der Waals surface area contributed by atoms with Crippen molar-refractivity contribution in [1.29, 1.82) is 0 Å². The molecule has 1 aromatic heterocycles. The van der Waals surface area contributed by atoms with Crippen LogP contribution in [0.25, 0.3) is 10.9 Å². The summed E-state index contributed by atoms with van der Waals surface area (Å²) in [5, 5.41) is 17.1. The monoisotopic (exact) mass is 718 g/mol. The fourth-order valence-corrected chi connectivity index (χ4v) is 7.54. The number of aryl methyl sites for hydroxylation is 1. The molecule has 0 bridgehead atoms. The molecule has 0 aliphatic carbocycles. The highest BCUT2D eigenvalue weighted by Crippen LogP contribution is 2.33. The number of hydrogen-bond donors (Lipinski definition) is 2. The summed E-state index contributed by atoms with van der Waals surface area (Å²) in [5.41, 5.74) is 3.97. The van der Waals surface area contributed by atoms with Crippen LogP contribution in [0.5, 0.6) is 5.75 Å². The van der Waals surface area contributed by atoms with Crippen molar-refractivity contribution in [3.63, 3.8) is 0 Å². The molecular weight excluding hydrogens is 668 g/mol. The van der Waals surface area contributed by atoms with Gasteiger partial charge in [-0.15, -0.1) is 6.58 Å². The van der Waals surface area contributed by atoms with Crippen LogP contribution in [-0.2, 0) is 35.6 Å². The second kappa shape index (κ2) is 15.7. The van der Waals surface area contributed by atoms with Gasteiger partial charge in [0.1, 0.15) is 18.0 Å². The van der Waals surface area contributed by atoms with E-state index in [0.29, 0.717) is 18.5 Å². The molecule has 0 radical (unpaired) electrons. The van der Waals surface area contributed by atoms with E-state index in [1.54, 1.807) is 50.2 Å². The zero-order valence-electron chi connectivity index (χ0n) is 31.1. The highest BCUT2D eigenvalue weighted by molar-refractivity contribution is 6.09. The lowest BCUT2D eigenvalue weighted by atomic mass is 9.87. The largest absolute Gasteiger partial charge is 0.508 e. The molecule has 2 aliphatic heterocycles. The SMILES string of the molecule is C=CCN1CC(=O)N2[C@@H](Cc3ccc(O)cc3)C(=O)N(Cc3cccc4c(C(=O)CC(C)(C)C)cn(CCC)c34)C[C@@H]2N1C(=O)NCc1ccccc1. The number of ketones is 1. The van der Waals surface area contributed by atoms with E-state index in [-0.39, 0.29) is 67.9 Å². The van der Waals surface area contributed by atoms with Crippen molar-refractivity contribution >= 4 is 34.5 Å². The van der Waals surface area contributed by atoms with E-state index in [1.165, 1.54) is 0 Å². The Morgan fingerprint density at radius 2 is 1.72 bits per heavy atom. The molecule has 4 aromatic rings. The van der Waals surface area contributed by atoms with Gasteiger partial charge in [0.2, 0.25) is 11.8 Å². The number of hydrazine groups is 1. The lowest BCUT2D eigenvalue weighted by Gasteiger charge is -2.55. The summed E-state index contributed by atoms with van der Waals surface area (Å²) in [6, 6.07) is 20.8. The fourth-order valence-electron chi connectivity index (χ4n) is 7.54. The number of aromatic hydroxyl groups is 1. The molecule has 2 N–H and O–H groups in total. The number of Topliss-reactive ketones (excluding diaryl/α,β-unsaturated/α-hetero) is 1. The van der Waals surface area contributed by atoms with E-state index in [9.17, 15) is 24.3 Å². The quantitative estimate of drug-likeness (QED) is 0.135. The number of fused-ring (bicyclic) bond motifs is 2. The van der Waals surface area contributed by atoms with Crippen LogP contribution in [0.1, 0.15) is 67.6 Å². The number of aromatic nitrogens is 1. The van der Waals surface area contributed by atoms with Gasteiger partial charge < -0.3 is 24.8 Å². The molecule has 53 heavy (non-hydrogen) atoms. The van der Waals surface area contributed by atoms with Crippen LogP contribution in [0.15, 0.2) is 91.6 Å². The Labute approximate surface area is 311 Å². The molecule has 11 nitrogen and oxygen atoms in total. The van der Waals surface area contributed by atoms with Crippen molar-refractivity contribution < 1.29 is 24.3 Å². The highest BCUT2D eigenvalue weighted by atomic mass is 16.3. The van der Waals surface area contributed by atoms with Gasteiger partial charge in [-0.05, 0) is 40.7 Å². The summed E-state index contributed by atoms with van der Waals surface area (Å²) in [6.07, 6.45) is 4.25. The third-order valence-electron chi connectivity index (χ3n) is 9.83. The first kappa shape index (κ1) is 37.3. The van der Waals surface area contributed by atoms with Gasteiger partial charge in [0.25, 0.3) is 0 Å². The molecule has 2 aliphatic rings. The van der Waals surface area contributed by atoms with Crippen molar-refractivity contribution in [2.75, 3.05) is 19.6 Å². The number of hydrogen-bond acceptors (Lipinski definition) is 6. The van der Waals surface area contributed by atoms with Gasteiger partial charge in [-0.25, -0.2) is 14.8 Å². The molecule has 2 fully saturated rings. The Morgan fingerprint density at radius 3 is 2.40 bits per heavy atom. The van der Waals surface area contributed by atoms with Crippen molar-refractivity contribution in [2.45, 2.75) is 78.8 Å². The van der Waals surface area contributed by atoms with E-state index in [1.807, 2.05) is 54.7 Å². The second-order valence-electron chi connectivity index (χ2n) is 15.2. The van der Waals surface area contributed by atoms with Crippen molar-refractivity contribution in [1.82, 2.24) is 29.7 Å². The Morgan fingerprint density at radius 1 is 0.981 bits per heavy atom. The van der Waals surface area contributed by atoms with Gasteiger partial charge in [-0.1, -0.05) is 94.4 Å². The summed E-state index contributed by atoms with van der Waals surface area (Å²) in [7, 11) is 0. The maximum absolute atomic E-state index is 14.7. The molecule has 4 amide bonds. The predicted molar refractivity (Wildman–Crippen MR) is 205 cm³/mol. The lowest BCUT2D eigenvalue weighted by molar-refractivity contribution is -0.189. The number of carbonyl (C=O) groups excluding carboxylic acids is 4. The standard InChI is InChI=1S/C42H50N6O5/c1-6-20-44-26-34(36(50)23-42(3,4)5)33-15-11-14-31(39(33)44)25-45-27-37-47(35(40(45)52)22-29-16-18-32(49)19-17-29)38(51)28-46(21-7-2)48(37)41(53)43-24-30-12-9-8-10-13-30/h7-19,26,35,37,49H,2,6,20-25,27-28H2,1,3-5H3,(H,43,53)/t35-,37-/m0/s1. The zero-order valence-corrected chi connectivity index (χ0v) is 31.1. The van der Waals surface area contributed by atoms with E-state index < -0.39 is 18.2 Å². The van der Waals surface area contributed by atoms with Crippen LogP contribution in [-0.4, -0.2) is 85.0 Å². The molecular formula is C42H50N6O5. The van der Waals surface area contributed by atoms with Gasteiger partial charge in [0.15, 0.2) is 5.78 Å². The third-order valence-corrected chi connectivity index (χ3v) is 9.83. The summed E-state index contributed by atoms with van der Waals surface area (Å²) in [6.45, 7) is 13.6. The fraction of sp³-hybridized carbons (Fsp3) is 0.381. The molecule has 6 rings (SSSR count). The third kappa shape index (κ3) is 8.15. The number of rotatable bonds is 12. The molecule has 2 atom stereocenters. The van der Waals surface area contributed by atoms with Crippen LogP contribution >= 0.6 is 0 Å². The molecule has 0 unspecified atom stereocenters. The maximum atomic E-state index is 14.7. The number of nitrogens with one attached hydrogen (secondary N) is 1. The summed E-state index contributed by atoms with van der Waals surface area (Å²) in [5.74, 6) is -0.323. The maximum Gasteiger partial charge on any atom is 0.334 e. The Balaban J connectivity index is 1.40. The number of phenolic OH excluding ortho intramolecular Hbond substituents is 1. The van der Waals surface area contributed by atoms with Crippen LogP contribution in [0.4, 0.5) is 4.79 Å². The minimum Gasteiger partial charge on any atom is -0.508 e. The average Bonchev–Trinajstić information content (AvgIpc) is 3.49. The molecule has 2 saturated heterocycles. The first-order chi connectivity index (χ1) is 25.4. The normalized spacial score (nSPS) is 18.0. The van der Waals surface area contributed by atoms with Gasteiger partial charge in [-0.3, -0.25) is 14.4 Å². The number of benzene rings is 3. The van der Waals surface area contributed by atoms with Gasteiger partial charge in [0, 0.05) is 56.2 Å². The number of urea groups is 1. The van der Waals surface area contributed by atoms with Crippen molar-refractivity contribution in [3.8, 4) is 5.75 Å². The van der Waals surface area contributed by atoms with E-state index in [2.05, 4.69) is 44.2 Å². The number of amides is 4. The van der Waals surface area contributed by atoms with Crippen LogP contribution in [0.3, 0.4) is 0 Å². The van der Waals surface area contributed by atoms with Crippen molar-refractivity contribution in [2.24, 2.45) is 5.41 Å². The first-order valence-electron chi connectivity index (χ1n) is 18.4. The number of carbonyl (C=O) groups is 4. The van der Waals surface area contributed by atoms with Crippen LogP contribution < -0.4 is 5.32 Å². The topological polar surface area (TPSA) is 118 Å². The van der Waals surface area contributed by atoms with Crippen LogP contribution in [0, 0.1) is 5.41 Å². The number of phenols is 1. The minimum atomic E-state index is -0.911. The van der Waals surface area contributed by atoms with Crippen LogP contribution in [0.2, 0.25) is 0 Å². The van der Waals surface area contributed by atoms with E-state index in [4.69, 9.17) is 0 Å². The molecule has 3 heterocycles. The summed E-state index contributed by atoms with van der Waals surface area (Å²) in [4.78, 5) is 59.8. The number of para-hydroxylation sites is 1. The molecule has 11 heteroatoms. The molecule has 3 aromatic carbocycles. The Kier molecular flexibility index (Phi) is 11.0. The van der Waals surface area contributed by atoms with E-state index >= 15 is 0 Å². The number of nitrogens with zero attached hydrogens (tertiary/aromatic N) is 5. The Hall–Kier alpha value is -5.42. The highest BCUT2D eigenvalue weighted by Gasteiger charge is 2.51. The molecule has 278 valence electrons. The predicted octanol–water partition coefficient (Wildman–Crippen LogP) is 6.11. The van der Waals surface area contributed by atoms with Crippen molar-refractivity contribution in [3.05, 3.63) is 114 Å². The first-order valence-corrected chi connectivity index (χ1v) is 18.4. The smallest absolute Gasteiger partial charge is 0.334 e. The second-order valence-corrected chi connectivity index (χ2v) is 15.2. The number of piperazine rings is 1. The van der Waals surface area contributed by atoms with Gasteiger partial charge in [-0.2, -0.15) is 0 Å². The summed E-state index contributed by atoms with van der Waals surface area (Å²) >= 11 is 0. The van der Waals surface area contributed by atoms with Gasteiger partial charge in [0.05, 0.1) is 18.6 Å².